The number of benzene rings is 1. The molecule has 0 spiro atoms. The van der Waals surface area contributed by atoms with Crippen LogP contribution < -0.4 is 5.32 Å². The average molecular weight is 483 g/mol. The summed E-state index contributed by atoms with van der Waals surface area (Å²) < 4.78 is 35.8. The molecule has 1 aromatic carbocycles. The van der Waals surface area contributed by atoms with Crippen molar-refractivity contribution in [2.45, 2.75) is 37.5 Å². The zero-order valence-electron chi connectivity index (χ0n) is 17.6. The molecule has 0 saturated carbocycles. The van der Waals surface area contributed by atoms with E-state index in [4.69, 9.17) is 9.63 Å². The SMILES string of the molecule is CC(Nc1ncnc2c1ncn2[C@@H]1O[C@H](COOP(C)(=O)O)[C@@H](O)[C@H]1O)c1ccc(F)cc1. The highest BCUT2D eigenvalue weighted by Gasteiger charge is 2.45. The minimum atomic E-state index is -3.88. The number of imidazole rings is 1. The number of aromatic nitrogens is 4. The Bertz CT molecular complexity index is 1160. The van der Waals surface area contributed by atoms with E-state index in [0.717, 1.165) is 12.2 Å². The van der Waals surface area contributed by atoms with Gasteiger partial charge in [0.05, 0.1) is 12.4 Å². The van der Waals surface area contributed by atoms with Crippen molar-refractivity contribution in [3.63, 3.8) is 0 Å². The van der Waals surface area contributed by atoms with Gasteiger partial charge in [0.1, 0.15) is 37.1 Å². The highest BCUT2D eigenvalue weighted by atomic mass is 31.2. The molecule has 1 saturated heterocycles. The van der Waals surface area contributed by atoms with Crippen LogP contribution in [0.4, 0.5) is 10.2 Å². The van der Waals surface area contributed by atoms with E-state index in [1.165, 1.54) is 29.4 Å². The summed E-state index contributed by atoms with van der Waals surface area (Å²) in [5.74, 6) is 0.0836. The molecule has 6 atom stereocenters. The van der Waals surface area contributed by atoms with Crippen molar-refractivity contribution in [2.75, 3.05) is 18.6 Å². The van der Waals surface area contributed by atoms with Crippen molar-refractivity contribution < 1.29 is 38.4 Å². The predicted molar refractivity (Wildman–Crippen MR) is 112 cm³/mol. The van der Waals surface area contributed by atoms with E-state index in [9.17, 15) is 19.2 Å². The van der Waals surface area contributed by atoms with Crippen molar-refractivity contribution in [1.29, 1.82) is 0 Å². The normalized spacial score (nSPS) is 25.8. The number of aliphatic hydroxyl groups excluding tert-OH is 2. The first-order valence-electron chi connectivity index (χ1n) is 9.96. The lowest BCUT2D eigenvalue weighted by atomic mass is 10.1. The van der Waals surface area contributed by atoms with Gasteiger partial charge in [0, 0.05) is 6.66 Å². The van der Waals surface area contributed by atoms with Crippen LogP contribution in [0.2, 0.25) is 0 Å². The molecule has 1 aliphatic heterocycles. The van der Waals surface area contributed by atoms with E-state index in [0.29, 0.717) is 17.0 Å². The van der Waals surface area contributed by atoms with Gasteiger partial charge in [0.15, 0.2) is 23.2 Å². The Hall–Kier alpha value is -2.51. The zero-order valence-corrected chi connectivity index (χ0v) is 18.5. The molecular formula is C19H23FN5O7P. The van der Waals surface area contributed by atoms with Crippen molar-refractivity contribution in [3.05, 3.63) is 48.3 Å². The predicted octanol–water partition coefficient (Wildman–Crippen LogP) is 1.52. The lowest BCUT2D eigenvalue weighted by molar-refractivity contribution is -0.238. The fraction of sp³-hybridized carbons (Fsp3) is 0.421. The number of nitrogens with one attached hydrogen (secondary N) is 1. The first kappa shape index (κ1) is 23.6. The second-order valence-corrected chi connectivity index (χ2v) is 9.43. The number of hydrogen-bond acceptors (Lipinski definition) is 10. The highest BCUT2D eigenvalue weighted by molar-refractivity contribution is 7.51. The highest BCUT2D eigenvalue weighted by Crippen LogP contribution is 2.38. The fourth-order valence-corrected chi connectivity index (χ4v) is 3.73. The third-order valence-electron chi connectivity index (χ3n) is 5.12. The van der Waals surface area contributed by atoms with Gasteiger partial charge in [-0.1, -0.05) is 12.1 Å². The van der Waals surface area contributed by atoms with E-state index in [-0.39, 0.29) is 11.9 Å². The van der Waals surface area contributed by atoms with Crippen LogP contribution in [0.1, 0.15) is 24.8 Å². The van der Waals surface area contributed by atoms with Gasteiger partial charge >= 0.3 is 7.60 Å². The molecule has 0 radical (unpaired) electrons. The van der Waals surface area contributed by atoms with Gasteiger partial charge in [-0.25, -0.2) is 24.2 Å². The minimum Gasteiger partial charge on any atom is -0.387 e. The van der Waals surface area contributed by atoms with Gasteiger partial charge in [-0.3, -0.25) is 9.13 Å². The Labute approximate surface area is 187 Å². The topological polar surface area (TPSA) is 161 Å². The molecule has 1 fully saturated rings. The molecule has 1 aliphatic rings. The number of aliphatic hydroxyl groups is 2. The number of anilines is 1. The first-order valence-corrected chi connectivity index (χ1v) is 12.0. The molecule has 12 nitrogen and oxygen atoms in total. The van der Waals surface area contributed by atoms with Crippen molar-refractivity contribution in [3.8, 4) is 0 Å². The summed E-state index contributed by atoms with van der Waals surface area (Å²) in [7, 11) is -3.88. The Morgan fingerprint density at radius 1 is 1.24 bits per heavy atom. The van der Waals surface area contributed by atoms with Gasteiger partial charge in [-0.05, 0) is 24.6 Å². The summed E-state index contributed by atoms with van der Waals surface area (Å²) in [6.07, 6.45) is -2.11. The Balaban J connectivity index is 1.52. The van der Waals surface area contributed by atoms with Crippen LogP contribution in [0, 0.1) is 5.82 Å². The van der Waals surface area contributed by atoms with Crippen molar-refractivity contribution >= 4 is 24.6 Å². The molecule has 33 heavy (non-hydrogen) atoms. The fourth-order valence-electron chi connectivity index (χ4n) is 3.48. The second-order valence-electron chi connectivity index (χ2n) is 7.67. The number of nitrogens with zero attached hydrogens (tertiary/aromatic N) is 4. The summed E-state index contributed by atoms with van der Waals surface area (Å²) in [5, 5.41) is 24.0. The monoisotopic (exact) mass is 483 g/mol. The third kappa shape index (κ3) is 5.20. The Morgan fingerprint density at radius 3 is 2.67 bits per heavy atom. The van der Waals surface area contributed by atoms with Crippen LogP contribution >= 0.6 is 7.60 Å². The van der Waals surface area contributed by atoms with Gasteiger partial charge in [-0.2, -0.15) is 0 Å². The maximum atomic E-state index is 13.2. The molecule has 0 bridgehead atoms. The Morgan fingerprint density at radius 2 is 1.97 bits per heavy atom. The summed E-state index contributed by atoms with van der Waals surface area (Å²) in [4.78, 5) is 26.6. The van der Waals surface area contributed by atoms with Crippen LogP contribution in [-0.2, 0) is 18.9 Å². The van der Waals surface area contributed by atoms with Gasteiger partial charge in [0.25, 0.3) is 0 Å². The van der Waals surface area contributed by atoms with E-state index < -0.39 is 38.7 Å². The van der Waals surface area contributed by atoms with Crippen molar-refractivity contribution in [2.24, 2.45) is 0 Å². The van der Waals surface area contributed by atoms with Gasteiger partial charge in [0.2, 0.25) is 0 Å². The van der Waals surface area contributed by atoms with E-state index in [1.54, 1.807) is 12.1 Å². The smallest absolute Gasteiger partial charge is 0.352 e. The van der Waals surface area contributed by atoms with Crippen LogP contribution in [-0.4, -0.2) is 66.2 Å². The number of rotatable bonds is 8. The molecule has 0 amide bonds. The standard InChI is InChI=1S/C19H23FN5O7P/c1-10(11-3-5-12(20)6-4-11)24-17-14-18(22-8-21-17)25(9-23-14)19-16(27)15(26)13(31-19)7-30-32-33(2,28)29/h3-6,8-10,13,15-16,19,26-27H,7H2,1-2H3,(H,28,29)(H,21,22,24)/t10?,13-,15-,16-,19-/m1/s1. The lowest BCUT2D eigenvalue weighted by Gasteiger charge is -2.17. The molecule has 4 rings (SSSR count). The molecule has 4 N–H and O–H groups in total. The van der Waals surface area contributed by atoms with Crippen LogP contribution in [0.3, 0.4) is 0 Å². The summed E-state index contributed by atoms with van der Waals surface area (Å²) >= 11 is 0. The molecule has 178 valence electrons. The van der Waals surface area contributed by atoms with Crippen LogP contribution in [0.25, 0.3) is 11.2 Å². The number of hydrogen-bond donors (Lipinski definition) is 4. The maximum absolute atomic E-state index is 13.2. The van der Waals surface area contributed by atoms with E-state index in [2.05, 4.69) is 29.8 Å². The third-order valence-corrected chi connectivity index (χ3v) is 5.50. The van der Waals surface area contributed by atoms with Crippen molar-refractivity contribution in [1.82, 2.24) is 19.5 Å². The Kier molecular flexibility index (Phi) is 6.73. The molecule has 14 heteroatoms. The summed E-state index contributed by atoms with van der Waals surface area (Å²) in [6.45, 7) is 2.43. The lowest BCUT2D eigenvalue weighted by Crippen LogP contribution is -2.33. The molecule has 3 heterocycles. The molecule has 3 aromatic rings. The maximum Gasteiger partial charge on any atom is 0.352 e. The van der Waals surface area contributed by atoms with E-state index >= 15 is 0 Å². The molecule has 2 aromatic heterocycles. The second kappa shape index (κ2) is 9.39. The van der Waals surface area contributed by atoms with Gasteiger partial charge in [-0.15, -0.1) is 4.67 Å². The first-order chi connectivity index (χ1) is 15.6. The number of halogens is 1. The number of fused-ring (bicyclic) bond motifs is 1. The summed E-state index contributed by atoms with van der Waals surface area (Å²) in [5.41, 5.74) is 1.57. The number of ether oxygens (including phenoxy) is 1. The minimum absolute atomic E-state index is 0.216. The summed E-state index contributed by atoms with van der Waals surface area (Å²) in [6, 6.07) is 5.84. The van der Waals surface area contributed by atoms with Crippen LogP contribution in [0.5, 0.6) is 0 Å². The largest absolute Gasteiger partial charge is 0.387 e. The zero-order chi connectivity index (χ0) is 23.8. The molecule has 0 aliphatic carbocycles. The average Bonchev–Trinajstić information content (AvgIpc) is 3.30. The molecular weight excluding hydrogens is 460 g/mol. The van der Waals surface area contributed by atoms with Crippen LogP contribution in [0.15, 0.2) is 36.9 Å². The quantitative estimate of drug-likeness (QED) is 0.209. The van der Waals surface area contributed by atoms with E-state index in [1.807, 2.05) is 6.92 Å². The van der Waals surface area contributed by atoms with Gasteiger partial charge < -0.3 is 25.2 Å². The molecule has 2 unspecified atom stereocenters.